The number of anilines is 1. The molecular weight excluding hydrogens is 363 g/mol. The Morgan fingerprint density at radius 1 is 1.11 bits per heavy atom. The SMILES string of the molecule is O=C(C1CCN(Cc2ccc(Cl)cc2F)CC1)N1CCCc2ccccc21. The van der Waals surface area contributed by atoms with Gasteiger partial charge < -0.3 is 4.90 Å². The molecule has 2 heterocycles. The van der Waals surface area contributed by atoms with Gasteiger partial charge in [0.15, 0.2) is 0 Å². The van der Waals surface area contributed by atoms with Crippen LogP contribution in [0.15, 0.2) is 42.5 Å². The molecule has 0 N–H and O–H groups in total. The van der Waals surface area contributed by atoms with Crippen LogP contribution in [-0.4, -0.2) is 30.4 Å². The second-order valence-corrected chi connectivity index (χ2v) is 7.94. The highest BCUT2D eigenvalue weighted by atomic mass is 35.5. The van der Waals surface area contributed by atoms with Gasteiger partial charge in [0, 0.05) is 35.3 Å². The molecule has 0 saturated carbocycles. The number of carbonyl (C=O) groups excluding carboxylic acids is 1. The van der Waals surface area contributed by atoms with Crippen LogP contribution in [0, 0.1) is 11.7 Å². The van der Waals surface area contributed by atoms with Gasteiger partial charge in [-0.1, -0.05) is 35.9 Å². The van der Waals surface area contributed by atoms with E-state index < -0.39 is 0 Å². The van der Waals surface area contributed by atoms with Crippen molar-refractivity contribution in [3.05, 3.63) is 64.4 Å². The molecule has 0 unspecified atom stereocenters. The molecule has 2 aromatic rings. The largest absolute Gasteiger partial charge is 0.312 e. The van der Waals surface area contributed by atoms with Crippen LogP contribution in [0.2, 0.25) is 5.02 Å². The van der Waals surface area contributed by atoms with E-state index in [0.717, 1.165) is 51.0 Å². The first-order valence-electron chi connectivity index (χ1n) is 9.67. The van der Waals surface area contributed by atoms with Gasteiger partial charge in [0.2, 0.25) is 5.91 Å². The fourth-order valence-electron chi connectivity index (χ4n) is 4.21. The number of hydrogen-bond donors (Lipinski definition) is 0. The van der Waals surface area contributed by atoms with Crippen molar-refractivity contribution in [3.63, 3.8) is 0 Å². The van der Waals surface area contributed by atoms with Gasteiger partial charge in [-0.15, -0.1) is 0 Å². The average Bonchev–Trinajstić information content (AvgIpc) is 2.70. The zero-order valence-corrected chi connectivity index (χ0v) is 16.1. The van der Waals surface area contributed by atoms with Gasteiger partial charge in [0.1, 0.15) is 5.82 Å². The number of para-hydroxylation sites is 1. The van der Waals surface area contributed by atoms with Crippen LogP contribution in [0.25, 0.3) is 0 Å². The highest BCUT2D eigenvalue weighted by Crippen LogP contribution is 2.30. The number of aryl methyl sites for hydroxylation is 1. The summed E-state index contributed by atoms with van der Waals surface area (Å²) in [6.07, 6.45) is 3.72. The third-order valence-electron chi connectivity index (χ3n) is 5.72. The minimum atomic E-state index is -0.259. The molecule has 0 radical (unpaired) electrons. The van der Waals surface area contributed by atoms with Crippen molar-refractivity contribution >= 4 is 23.2 Å². The summed E-state index contributed by atoms with van der Waals surface area (Å²) >= 11 is 5.83. The Morgan fingerprint density at radius 2 is 1.89 bits per heavy atom. The van der Waals surface area contributed by atoms with E-state index in [-0.39, 0.29) is 17.6 Å². The summed E-state index contributed by atoms with van der Waals surface area (Å²) in [5.41, 5.74) is 3.02. The molecular formula is C22H24ClFN2O. The Labute approximate surface area is 164 Å². The van der Waals surface area contributed by atoms with Crippen molar-refractivity contribution in [1.82, 2.24) is 4.90 Å². The fourth-order valence-corrected chi connectivity index (χ4v) is 4.37. The second kappa shape index (κ2) is 7.99. The normalized spacial score (nSPS) is 18.4. The third-order valence-corrected chi connectivity index (χ3v) is 5.96. The molecule has 5 heteroatoms. The number of nitrogens with zero attached hydrogens (tertiary/aromatic N) is 2. The molecule has 1 saturated heterocycles. The molecule has 142 valence electrons. The van der Waals surface area contributed by atoms with Crippen LogP contribution in [0.4, 0.5) is 10.1 Å². The predicted molar refractivity (Wildman–Crippen MR) is 107 cm³/mol. The molecule has 4 rings (SSSR count). The van der Waals surface area contributed by atoms with E-state index in [0.29, 0.717) is 17.1 Å². The van der Waals surface area contributed by atoms with Gasteiger partial charge in [-0.2, -0.15) is 0 Å². The summed E-state index contributed by atoms with van der Waals surface area (Å²) in [6, 6.07) is 13.1. The summed E-state index contributed by atoms with van der Waals surface area (Å²) in [4.78, 5) is 17.3. The Kier molecular flexibility index (Phi) is 5.46. The number of benzene rings is 2. The Hall–Kier alpha value is -1.91. The van der Waals surface area contributed by atoms with E-state index in [1.165, 1.54) is 11.6 Å². The first-order valence-corrected chi connectivity index (χ1v) is 10.0. The second-order valence-electron chi connectivity index (χ2n) is 7.51. The molecule has 0 spiro atoms. The van der Waals surface area contributed by atoms with Crippen LogP contribution in [0.1, 0.15) is 30.4 Å². The molecule has 0 aliphatic carbocycles. The number of likely N-dealkylation sites (tertiary alicyclic amines) is 1. The maximum atomic E-state index is 14.0. The molecule has 0 atom stereocenters. The summed E-state index contributed by atoms with van der Waals surface area (Å²) in [5, 5.41) is 0.419. The van der Waals surface area contributed by atoms with Crippen LogP contribution < -0.4 is 4.90 Å². The molecule has 2 aromatic carbocycles. The summed E-state index contributed by atoms with van der Waals surface area (Å²) in [5.74, 6) is 0.0487. The topological polar surface area (TPSA) is 23.6 Å². The maximum Gasteiger partial charge on any atom is 0.230 e. The zero-order valence-electron chi connectivity index (χ0n) is 15.3. The number of rotatable bonds is 3. The lowest BCUT2D eigenvalue weighted by molar-refractivity contribution is -0.123. The first-order chi connectivity index (χ1) is 13.1. The number of amides is 1. The lowest BCUT2D eigenvalue weighted by Gasteiger charge is -2.36. The van der Waals surface area contributed by atoms with Crippen LogP contribution in [-0.2, 0) is 17.8 Å². The molecule has 1 fully saturated rings. The van der Waals surface area contributed by atoms with Gasteiger partial charge >= 0.3 is 0 Å². The highest BCUT2D eigenvalue weighted by molar-refractivity contribution is 6.30. The minimum absolute atomic E-state index is 0.0578. The number of fused-ring (bicyclic) bond motifs is 1. The van der Waals surface area contributed by atoms with Crippen molar-refractivity contribution in [1.29, 1.82) is 0 Å². The van der Waals surface area contributed by atoms with Gasteiger partial charge in [-0.05, 0) is 62.5 Å². The average molecular weight is 387 g/mol. The Balaban J connectivity index is 1.37. The standard InChI is InChI=1S/C22H24ClFN2O/c23-19-8-7-18(20(24)14-19)15-25-12-9-17(10-13-25)22(27)26-11-3-5-16-4-1-2-6-21(16)26/h1-2,4,6-8,14,17H,3,5,9-13,15H2. The molecule has 0 aromatic heterocycles. The van der Waals surface area contributed by atoms with Crippen molar-refractivity contribution in [3.8, 4) is 0 Å². The maximum absolute atomic E-state index is 14.0. The quantitative estimate of drug-likeness (QED) is 0.765. The van der Waals surface area contributed by atoms with Crippen LogP contribution in [0.3, 0.4) is 0 Å². The van der Waals surface area contributed by atoms with Crippen molar-refractivity contribution in [2.75, 3.05) is 24.5 Å². The summed E-state index contributed by atoms with van der Waals surface area (Å²) in [6.45, 7) is 3.00. The summed E-state index contributed by atoms with van der Waals surface area (Å²) in [7, 11) is 0. The fraction of sp³-hybridized carbons (Fsp3) is 0.409. The van der Waals surface area contributed by atoms with E-state index >= 15 is 0 Å². The van der Waals surface area contributed by atoms with Crippen LogP contribution in [0.5, 0.6) is 0 Å². The number of hydrogen-bond acceptors (Lipinski definition) is 2. The third kappa shape index (κ3) is 4.02. The molecule has 0 bridgehead atoms. The zero-order chi connectivity index (χ0) is 18.8. The molecule has 2 aliphatic rings. The molecule has 3 nitrogen and oxygen atoms in total. The Bertz CT molecular complexity index is 833. The van der Waals surface area contributed by atoms with Gasteiger partial charge in [-0.25, -0.2) is 4.39 Å². The van der Waals surface area contributed by atoms with E-state index in [1.54, 1.807) is 12.1 Å². The molecule has 2 aliphatic heterocycles. The number of carbonyl (C=O) groups is 1. The lowest BCUT2D eigenvalue weighted by atomic mass is 9.93. The van der Waals surface area contributed by atoms with E-state index in [4.69, 9.17) is 11.6 Å². The first kappa shape index (κ1) is 18.5. The van der Waals surface area contributed by atoms with E-state index in [9.17, 15) is 9.18 Å². The molecule has 1 amide bonds. The van der Waals surface area contributed by atoms with Gasteiger partial charge in [0.25, 0.3) is 0 Å². The van der Waals surface area contributed by atoms with Crippen molar-refractivity contribution in [2.45, 2.75) is 32.2 Å². The number of piperidine rings is 1. The number of halogens is 2. The van der Waals surface area contributed by atoms with Gasteiger partial charge in [-0.3, -0.25) is 9.69 Å². The lowest BCUT2D eigenvalue weighted by Crippen LogP contribution is -2.44. The minimum Gasteiger partial charge on any atom is -0.312 e. The van der Waals surface area contributed by atoms with E-state index in [2.05, 4.69) is 17.0 Å². The highest BCUT2D eigenvalue weighted by Gasteiger charge is 2.31. The molecule has 27 heavy (non-hydrogen) atoms. The smallest absolute Gasteiger partial charge is 0.230 e. The van der Waals surface area contributed by atoms with Crippen LogP contribution >= 0.6 is 11.6 Å². The van der Waals surface area contributed by atoms with E-state index in [1.807, 2.05) is 17.0 Å². The van der Waals surface area contributed by atoms with Crippen molar-refractivity contribution < 1.29 is 9.18 Å². The van der Waals surface area contributed by atoms with Gasteiger partial charge in [0.05, 0.1) is 0 Å². The van der Waals surface area contributed by atoms with Crippen molar-refractivity contribution in [2.24, 2.45) is 5.92 Å². The Morgan fingerprint density at radius 3 is 2.67 bits per heavy atom. The monoisotopic (exact) mass is 386 g/mol. The predicted octanol–water partition coefficient (Wildman–Crippen LogP) is 4.67. The summed E-state index contributed by atoms with van der Waals surface area (Å²) < 4.78 is 14.0.